The van der Waals surface area contributed by atoms with Crippen LogP contribution >= 0.6 is 24.8 Å². The number of carbonyl (C=O) groups excluding carboxylic acids is 1. The third kappa shape index (κ3) is 5.26. The molecule has 0 saturated heterocycles. The van der Waals surface area contributed by atoms with Crippen LogP contribution in [0.5, 0.6) is 11.5 Å². The zero-order chi connectivity index (χ0) is 13.0. The first-order valence-electron chi connectivity index (χ1n) is 5.24. The van der Waals surface area contributed by atoms with Crippen LogP contribution in [0.25, 0.3) is 0 Å². The number of halogens is 2. The Bertz CT molecular complexity index is 495. The van der Waals surface area contributed by atoms with E-state index in [-0.39, 0.29) is 24.8 Å². The zero-order valence-electron chi connectivity index (χ0n) is 10.3. The Balaban J connectivity index is 0.00000180. The average Bonchev–Trinajstić information content (AvgIpc) is 2.35. The highest BCUT2D eigenvalue weighted by Crippen LogP contribution is 2.16. The summed E-state index contributed by atoms with van der Waals surface area (Å²) < 4.78 is 9.91. The molecule has 20 heavy (non-hydrogen) atoms. The molecular formula is C13H14Cl2N2O3. The predicted octanol–water partition coefficient (Wildman–Crippen LogP) is 3.27. The van der Waals surface area contributed by atoms with Gasteiger partial charge in [0.15, 0.2) is 0 Å². The molecule has 0 saturated carbocycles. The molecule has 108 valence electrons. The third-order valence-corrected chi connectivity index (χ3v) is 2.16. The number of hydrogen-bond donors (Lipinski definition) is 2. The van der Waals surface area contributed by atoms with Crippen molar-refractivity contribution in [3.05, 3.63) is 48.5 Å². The van der Waals surface area contributed by atoms with E-state index in [1.54, 1.807) is 48.5 Å². The van der Waals surface area contributed by atoms with Gasteiger partial charge in [0.25, 0.3) is 0 Å². The number of ether oxygens (including phenoxy) is 2. The molecule has 0 atom stereocenters. The summed E-state index contributed by atoms with van der Waals surface area (Å²) in [4.78, 5) is 11.4. The van der Waals surface area contributed by atoms with Gasteiger partial charge in [-0.2, -0.15) is 0 Å². The van der Waals surface area contributed by atoms with E-state index >= 15 is 0 Å². The van der Waals surface area contributed by atoms with Gasteiger partial charge in [0.2, 0.25) is 0 Å². The predicted molar refractivity (Wildman–Crippen MR) is 82.9 cm³/mol. The van der Waals surface area contributed by atoms with Crippen LogP contribution < -0.4 is 20.9 Å². The fraction of sp³-hybridized carbons (Fsp3) is 0. The van der Waals surface area contributed by atoms with E-state index < -0.39 is 6.16 Å². The molecule has 0 aliphatic heterocycles. The SMILES string of the molecule is Cl.Cl.Nc1ccc(OC(=O)Oc2ccc(N)cc2)cc1. The Kier molecular flexibility index (Phi) is 7.28. The van der Waals surface area contributed by atoms with E-state index in [4.69, 9.17) is 20.9 Å². The number of nitrogens with two attached hydrogens (primary N) is 2. The lowest BCUT2D eigenvalue weighted by atomic mass is 10.3. The van der Waals surface area contributed by atoms with Gasteiger partial charge in [0, 0.05) is 11.4 Å². The van der Waals surface area contributed by atoms with Crippen LogP contribution in [0.3, 0.4) is 0 Å². The molecule has 0 heterocycles. The van der Waals surface area contributed by atoms with Crippen molar-refractivity contribution in [2.24, 2.45) is 0 Å². The molecule has 2 aromatic rings. The van der Waals surface area contributed by atoms with E-state index in [1.165, 1.54) is 0 Å². The van der Waals surface area contributed by atoms with Crippen LogP contribution in [0, 0.1) is 0 Å². The Morgan fingerprint density at radius 2 is 1.00 bits per heavy atom. The van der Waals surface area contributed by atoms with Gasteiger partial charge < -0.3 is 20.9 Å². The summed E-state index contributed by atoms with van der Waals surface area (Å²) in [5.41, 5.74) is 12.2. The fourth-order valence-electron chi connectivity index (χ4n) is 1.29. The normalized spacial score (nSPS) is 8.80. The molecule has 0 aliphatic carbocycles. The zero-order valence-corrected chi connectivity index (χ0v) is 11.9. The van der Waals surface area contributed by atoms with Crippen LogP contribution in [-0.4, -0.2) is 6.16 Å². The standard InChI is InChI=1S/C13H12N2O3.2ClH/c14-9-1-5-11(6-2-9)17-13(16)18-12-7-3-10(15)4-8-12;;/h1-8H,14-15H2;2*1H. The van der Waals surface area contributed by atoms with Crippen LogP contribution in [-0.2, 0) is 0 Å². The van der Waals surface area contributed by atoms with Crippen molar-refractivity contribution in [2.75, 3.05) is 11.5 Å². The van der Waals surface area contributed by atoms with E-state index in [0.717, 1.165) is 0 Å². The largest absolute Gasteiger partial charge is 0.519 e. The fourth-order valence-corrected chi connectivity index (χ4v) is 1.29. The summed E-state index contributed by atoms with van der Waals surface area (Å²) in [5.74, 6) is 0.731. The van der Waals surface area contributed by atoms with E-state index in [0.29, 0.717) is 22.9 Å². The van der Waals surface area contributed by atoms with E-state index in [9.17, 15) is 4.79 Å². The summed E-state index contributed by atoms with van der Waals surface area (Å²) in [6.07, 6.45) is -0.815. The van der Waals surface area contributed by atoms with E-state index in [1.807, 2.05) is 0 Å². The van der Waals surface area contributed by atoms with Gasteiger partial charge in [0.1, 0.15) is 11.5 Å². The molecule has 0 aliphatic rings. The van der Waals surface area contributed by atoms with Crippen molar-refractivity contribution in [1.82, 2.24) is 0 Å². The number of benzene rings is 2. The highest BCUT2D eigenvalue weighted by Gasteiger charge is 2.07. The first-order chi connectivity index (χ1) is 8.63. The maximum Gasteiger partial charge on any atom is 0.519 e. The van der Waals surface area contributed by atoms with Crippen molar-refractivity contribution in [3.8, 4) is 11.5 Å². The average molecular weight is 317 g/mol. The lowest BCUT2D eigenvalue weighted by Crippen LogP contribution is -2.13. The van der Waals surface area contributed by atoms with Crippen LogP contribution in [0.4, 0.5) is 16.2 Å². The molecule has 0 radical (unpaired) electrons. The van der Waals surface area contributed by atoms with Gasteiger partial charge >= 0.3 is 6.16 Å². The van der Waals surface area contributed by atoms with Crippen molar-refractivity contribution < 1.29 is 14.3 Å². The Morgan fingerprint density at radius 1 is 0.700 bits per heavy atom. The Labute approximate surface area is 128 Å². The topological polar surface area (TPSA) is 87.6 Å². The summed E-state index contributed by atoms with van der Waals surface area (Å²) in [6, 6.07) is 12.9. The van der Waals surface area contributed by atoms with Crippen molar-refractivity contribution in [2.45, 2.75) is 0 Å². The van der Waals surface area contributed by atoms with Crippen molar-refractivity contribution in [1.29, 1.82) is 0 Å². The second kappa shape index (κ2) is 8.14. The lowest BCUT2D eigenvalue weighted by Gasteiger charge is -2.05. The van der Waals surface area contributed by atoms with Crippen LogP contribution in [0.1, 0.15) is 0 Å². The van der Waals surface area contributed by atoms with Gasteiger partial charge in [-0.15, -0.1) is 24.8 Å². The number of hydrogen-bond acceptors (Lipinski definition) is 5. The molecule has 7 heteroatoms. The molecule has 0 amide bonds. The quantitative estimate of drug-likeness (QED) is 0.504. The van der Waals surface area contributed by atoms with E-state index in [2.05, 4.69) is 0 Å². The Hall–Kier alpha value is -2.11. The lowest BCUT2D eigenvalue weighted by molar-refractivity contribution is 0.152. The van der Waals surface area contributed by atoms with Gasteiger partial charge in [-0.3, -0.25) is 0 Å². The second-order valence-electron chi connectivity index (χ2n) is 3.59. The first kappa shape index (κ1) is 17.9. The molecular weight excluding hydrogens is 303 g/mol. The number of anilines is 2. The maximum atomic E-state index is 11.4. The molecule has 0 unspecified atom stereocenters. The number of rotatable bonds is 2. The van der Waals surface area contributed by atoms with Gasteiger partial charge in [0.05, 0.1) is 0 Å². The summed E-state index contributed by atoms with van der Waals surface area (Å²) in [5, 5.41) is 0. The summed E-state index contributed by atoms with van der Waals surface area (Å²) in [7, 11) is 0. The van der Waals surface area contributed by atoms with Gasteiger partial charge in [-0.05, 0) is 48.5 Å². The summed E-state index contributed by atoms with van der Waals surface area (Å²) >= 11 is 0. The molecule has 0 aromatic heterocycles. The van der Waals surface area contributed by atoms with Crippen LogP contribution in [0.15, 0.2) is 48.5 Å². The molecule has 0 fully saturated rings. The number of carbonyl (C=O) groups is 1. The maximum absolute atomic E-state index is 11.4. The smallest absolute Gasteiger partial charge is 0.399 e. The summed E-state index contributed by atoms with van der Waals surface area (Å²) in [6.45, 7) is 0. The minimum atomic E-state index is -0.815. The molecule has 0 bridgehead atoms. The molecule has 4 N–H and O–H groups in total. The monoisotopic (exact) mass is 316 g/mol. The highest BCUT2D eigenvalue weighted by molar-refractivity contribution is 5.85. The molecule has 2 rings (SSSR count). The van der Waals surface area contributed by atoms with Gasteiger partial charge in [-0.1, -0.05) is 0 Å². The molecule has 5 nitrogen and oxygen atoms in total. The second-order valence-corrected chi connectivity index (χ2v) is 3.59. The first-order valence-corrected chi connectivity index (χ1v) is 5.24. The highest BCUT2D eigenvalue weighted by atomic mass is 35.5. The van der Waals surface area contributed by atoms with Gasteiger partial charge in [-0.25, -0.2) is 4.79 Å². The molecule has 2 aromatic carbocycles. The van der Waals surface area contributed by atoms with Crippen LogP contribution in [0.2, 0.25) is 0 Å². The van der Waals surface area contributed by atoms with Crippen molar-refractivity contribution in [3.63, 3.8) is 0 Å². The minimum Gasteiger partial charge on any atom is -0.399 e. The number of nitrogen functional groups attached to an aromatic ring is 2. The molecule has 0 spiro atoms. The Morgan fingerprint density at radius 3 is 1.30 bits per heavy atom. The van der Waals surface area contributed by atoms with Crippen molar-refractivity contribution >= 4 is 42.3 Å². The third-order valence-electron chi connectivity index (χ3n) is 2.16. The minimum absolute atomic E-state index is 0.